The number of hydrogen-bond acceptors (Lipinski definition) is 4. The molecule has 0 unspecified atom stereocenters. The second-order valence-electron chi connectivity index (χ2n) is 4.90. The first-order valence-corrected chi connectivity index (χ1v) is 6.73. The molecule has 0 spiro atoms. The Morgan fingerprint density at radius 2 is 2.20 bits per heavy atom. The smallest absolute Gasteiger partial charge is 0.252 e. The van der Waals surface area contributed by atoms with Crippen LogP contribution in [-0.4, -0.2) is 26.5 Å². The predicted octanol–water partition coefficient (Wildman–Crippen LogP) is 2.09. The van der Waals surface area contributed by atoms with Gasteiger partial charge in [-0.1, -0.05) is 36.3 Å². The third-order valence-electron chi connectivity index (χ3n) is 3.18. The lowest BCUT2D eigenvalue weighted by Crippen LogP contribution is -2.29. The lowest BCUT2D eigenvalue weighted by molar-refractivity contribution is 0.0932. The molecule has 0 saturated heterocycles. The number of rotatable bonds is 5. The first kappa shape index (κ1) is 14.2. The van der Waals surface area contributed by atoms with Crippen LogP contribution in [-0.2, 0) is 0 Å². The molecule has 0 fully saturated rings. The van der Waals surface area contributed by atoms with Crippen molar-refractivity contribution < 1.29 is 4.79 Å². The lowest BCUT2D eigenvalue weighted by atomic mass is 10.0. The summed E-state index contributed by atoms with van der Waals surface area (Å²) in [5.74, 6) is 0.413. The molecule has 1 aromatic heterocycles. The van der Waals surface area contributed by atoms with Crippen molar-refractivity contribution >= 4 is 5.91 Å². The lowest BCUT2D eigenvalue weighted by Gasteiger charge is -2.15. The van der Waals surface area contributed by atoms with E-state index in [-0.39, 0.29) is 11.9 Å². The zero-order chi connectivity index (χ0) is 14.5. The van der Waals surface area contributed by atoms with Crippen molar-refractivity contribution in [3.8, 4) is 0 Å². The fourth-order valence-corrected chi connectivity index (χ4v) is 2.18. The van der Waals surface area contributed by atoms with Gasteiger partial charge in [-0.15, -0.1) is 10.2 Å². The van der Waals surface area contributed by atoms with E-state index in [2.05, 4.69) is 32.9 Å². The largest absolute Gasteiger partial charge is 0.342 e. The summed E-state index contributed by atoms with van der Waals surface area (Å²) < 4.78 is 0. The van der Waals surface area contributed by atoms with E-state index in [1.807, 2.05) is 32.0 Å². The summed E-state index contributed by atoms with van der Waals surface area (Å²) in [6, 6.07) is 5.56. The van der Waals surface area contributed by atoms with Gasteiger partial charge >= 0.3 is 0 Å². The van der Waals surface area contributed by atoms with Crippen molar-refractivity contribution in [2.75, 3.05) is 0 Å². The normalized spacial score (nSPS) is 12.2. The fraction of sp³-hybridized carbons (Fsp3) is 0.429. The van der Waals surface area contributed by atoms with Crippen molar-refractivity contribution in [3.05, 3.63) is 40.7 Å². The quantitative estimate of drug-likeness (QED) is 0.873. The molecule has 6 heteroatoms. The average Bonchev–Trinajstić information content (AvgIpc) is 2.91. The van der Waals surface area contributed by atoms with E-state index in [0.29, 0.717) is 11.4 Å². The van der Waals surface area contributed by atoms with E-state index in [4.69, 9.17) is 0 Å². The Morgan fingerprint density at radius 1 is 1.40 bits per heavy atom. The van der Waals surface area contributed by atoms with E-state index >= 15 is 0 Å². The van der Waals surface area contributed by atoms with Gasteiger partial charge in [0.05, 0.1) is 6.04 Å². The van der Waals surface area contributed by atoms with Gasteiger partial charge < -0.3 is 5.32 Å². The van der Waals surface area contributed by atoms with E-state index in [0.717, 1.165) is 24.0 Å². The molecule has 106 valence electrons. The second-order valence-corrected chi connectivity index (χ2v) is 4.90. The predicted molar refractivity (Wildman–Crippen MR) is 75.2 cm³/mol. The Bertz CT molecular complexity index is 579. The van der Waals surface area contributed by atoms with E-state index in [9.17, 15) is 4.79 Å². The molecule has 2 aromatic rings. The van der Waals surface area contributed by atoms with Crippen LogP contribution in [0.5, 0.6) is 0 Å². The highest BCUT2D eigenvalue weighted by molar-refractivity contribution is 5.95. The zero-order valence-corrected chi connectivity index (χ0v) is 12.0. The van der Waals surface area contributed by atoms with Gasteiger partial charge in [-0.2, -0.15) is 5.21 Å². The molecule has 2 N–H and O–H groups in total. The van der Waals surface area contributed by atoms with Gasteiger partial charge in [-0.25, -0.2) is 0 Å². The minimum absolute atomic E-state index is 0.106. The summed E-state index contributed by atoms with van der Waals surface area (Å²) >= 11 is 0. The number of nitrogens with one attached hydrogen (secondary N) is 2. The Kier molecular flexibility index (Phi) is 4.45. The number of aryl methyl sites for hydroxylation is 2. The van der Waals surface area contributed by atoms with Crippen molar-refractivity contribution in [1.82, 2.24) is 25.9 Å². The van der Waals surface area contributed by atoms with Crippen LogP contribution in [0.3, 0.4) is 0 Å². The van der Waals surface area contributed by atoms with Crippen molar-refractivity contribution in [3.63, 3.8) is 0 Å². The second kappa shape index (κ2) is 6.27. The Hall–Kier alpha value is -2.24. The van der Waals surface area contributed by atoms with Crippen LogP contribution in [0.25, 0.3) is 0 Å². The molecule has 2 rings (SSSR count). The average molecular weight is 273 g/mol. The molecule has 6 nitrogen and oxygen atoms in total. The van der Waals surface area contributed by atoms with Crippen molar-refractivity contribution in [2.45, 2.75) is 39.7 Å². The first-order chi connectivity index (χ1) is 9.61. The molecule has 0 aliphatic heterocycles. The van der Waals surface area contributed by atoms with Gasteiger partial charge in [-0.05, 0) is 31.9 Å². The maximum Gasteiger partial charge on any atom is 0.252 e. The molecule has 1 aromatic carbocycles. The van der Waals surface area contributed by atoms with Crippen LogP contribution >= 0.6 is 0 Å². The van der Waals surface area contributed by atoms with Gasteiger partial charge in [0.15, 0.2) is 5.82 Å². The number of amides is 1. The number of tetrazole rings is 1. The third-order valence-corrected chi connectivity index (χ3v) is 3.18. The van der Waals surface area contributed by atoms with Crippen LogP contribution in [0.1, 0.15) is 53.1 Å². The minimum atomic E-state index is -0.216. The molecule has 0 radical (unpaired) electrons. The number of hydrogen-bond donors (Lipinski definition) is 2. The van der Waals surface area contributed by atoms with Gasteiger partial charge in [0, 0.05) is 5.56 Å². The number of benzene rings is 1. The molecular formula is C14H19N5O. The third kappa shape index (κ3) is 3.20. The Labute approximate surface area is 118 Å². The Balaban J connectivity index is 2.16. The molecule has 1 heterocycles. The van der Waals surface area contributed by atoms with Crippen molar-refractivity contribution in [2.24, 2.45) is 0 Å². The summed E-state index contributed by atoms with van der Waals surface area (Å²) in [5.41, 5.74) is 2.79. The maximum atomic E-state index is 12.4. The molecule has 0 aliphatic rings. The fourth-order valence-electron chi connectivity index (χ4n) is 2.18. The van der Waals surface area contributed by atoms with E-state index < -0.39 is 0 Å². The highest BCUT2D eigenvalue weighted by Gasteiger charge is 2.19. The topological polar surface area (TPSA) is 83.6 Å². The molecule has 1 amide bonds. The van der Waals surface area contributed by atoms with E-state index in [1.54, 1.807) is 0 Å². The number of aromatic amines is 1. The summed E-state index contributed by atoms with van der Waals surface area (Å²) in [4.78, 5) is 12.4. The molecular weight excluding hydrogens is 254 g/mol. The molecule has 0 saturated carbocycles. The van der Waals surface area contributed by atoms with Crippen LogP contribution in [0.2, 0.25) is 0 Å². The van der Waals surface area contributed by atoms with Crippen LogP contribution < -0.4 is 5.32 Å². The zero-order valence-electron chi connectivity index (χ0n) is 12.0. The standard InChI is InChI=1S/C14H19N5O/c1-4-5-12(13-16-18-19-17-13)15-14(20)11-7-6-9(2)8-10(11)3/h6-8,12H,4-5H2,1-3H3,(H,15,20)(H,16,17,18,19)/t12-/m0/s1. The number of nitrogens with zero attached hydrogens (tertiary/aromatic N) is 3. The Morgan fingerprint density at radius 3 is 2.80 bits per heavy atom. The number of carbonyl (C=O) groups is 1. The first-order valence-electron chi connectivity index (χ1n) is 6.73. The number of carbonyl (C=O) groups excluding carboxylic acids is 1. The highest BCUT2D eigenvalue weighted by atomic mass is 16.1. The minimum Gasteiger partial charge on any atom is -0.342 e. The molecule has 20 heavy (non-hydrogen) atoms. The van der Waals surface area contributed by atoms with Crippen LogP contribution in [0, 0.1) is 13.8 Å². The van der Waals surface area contributed by atoms with E-state index in [1.165, 1.54) is 0 Å². The number of aromatic nitrogens is 4. The van der Waals surface area contributed by atoms with Gasteiger partial charge in [0.2, 0.25) is 0 Å². The molecule has 1 atom stereocenters. The van der Waals surface area contributed by atoms with Crippen LogP contribution in [0.15, 0.2) is 18.2 Å². The van der Waals surface area contributed by atoms with Crippen LogP contribution in [0.4, 0.5) is 0 Å². The molecule has 0 bridgehead atoms. The molecule has 0 aliphatic carbocycles. The maximum absolute atomic E-state index is 12.4. The van der Waals surface area contributed by atoms with Gasteiger partial charge in [0.25, 0.3) is 5.91 Å². The summed E-state index contributed by atoms with van der Waals surface area (Å²) in [6.45, 7) is 6.00. The SMILES string of the molecule is CCC[C@H](NC(=O)c1ccc(C)cc1C)c1nn[nH]n1. The van der Waals surface area contributed by atoms with Gasteiger partial charge in [0.1, 0.15) is 0 Å². The monoisotopic (exact) mass is 273 g/mol. The van der Waals surface area contributed by atoms with Gasteiger partial charge in [-0.3, -0.25) is 4.79 Å². The summed E-state index contributed by atoms with van der Waals surface area (Å²) in [5, 5.41) is 16.9. The highest BCUT2D eigenvalue weighted by Crippen LogP contribution is 2.16. The summed E-state index contributed by atoms with van der Waals surface area (Å²) in [7, 11) is 0. The van der Waals surface area contributed by atoms with Crippen molar-refractivity contribution in [1.29, 1.82) is 0 Å². The summed E-state index contributed by atoms with van der Waals surface area (Å²) in [6.07, 6.45) is 1.70. The number of H-pyrrole nitrogens is 1.